The minimum atomic E-state index is -4.64. The maximum Gasteiger partial charge on any atom is 0.433 e. The van der Waals surface area contributed by atoms with Crippen molar-refractivity contribution in [1.82, 2.24) is 15.3 Å². The zero-order valence-electron chi connectivity index (χ0n) is 12.3. The highest BCUT2D eigenvalue weighted by molar-refractivity contribution is 7.12. The molecular formula is C14H16F3N3OS. The summed E-state index contributed by atoms with van der Waals surface area (Å²) in [4.78, 5) is 19.6. The maximum absolute atomic E-state index is 12.8. The second kappa shape index (κ2) is 6.12. The van der Waals surface area contributed by atoms with E-state index in [4.69, 9.17) is 0 Å². The Morgan fingerprint density at radius 2 is 2.18 bits per heavy atom. The van der Waals surface area contributed by atoms with Gasteiger partial charge in [0, 0.05) is 9.75 Å². The van der Waals surface area contributed by atoms with Gasteiger partial charge in [0.1, 0.15) is 0 Å². The molecule has 2 heterocycles. The molecule has 0 aliphatic carbocycles. The molecule has 120 valence electrons. The number of amides is 1. The molecule has 2 rings (SSSR count). The van der Waals surface area contributed by atoms with Crippen LogP contribution in [0.3, 0.4) is 0 Å². The number of hydrogen-bond acceptors (Lipinski definition) is 3. The fourth-order valence-electron chi connectivity index (χ4n) is 2.13. The number of nitrogens with one attached hydrogen (secondary N) is 2. The Labute approximate surface area is 129 Å². The van der Waals surface area contributed by atoms with Crippen LogP contribution in [0.1, 0.15) is 51.4 Å². The third-order valence-electron chi connectivity index (χ3n) is 3.27. The van der Waals surface area contributed by atoms with E-state index in [2.05, 4.69) is 10.3 Å². The van der Waals surface area contributed by atoms with E-state index in [1.165, 1.54) is 4.88 Å². The summed E-state index contributed by atoms with van der Waals surface area (Å²) in [5.41, 5.74) is -0.642. The molecule has 8 heteroatoms. The molecule has 1 atom stereocenters. The van der Waals surface area contributed by atoms with Crippen molar-refractivity contribution in [2.45, 2.75) is 39.4 Å². The molecule has 0 fully saturated rings. The average Bonchev–Trinajstić information content (AvgIpc) is 3.03. The van der Waals surface area contributed by atoms with Crippen LogP contribution in [0.4, 0.5) is 13.2 Å². The van der Waals surface area contributed by atoms with Crippen LogP contribution in [-0.2, 0) is 12.6 Å². The second-order valence-corrected chi connectivity index (χ2v) is 6.10. The Morgan fingerprint density at radius 3 is 2.73 bits per heavy atom. The summed E-state index contributed by atoms with van der Waals surface area (Å²) in [5, 5.41) is 2.56. The van der Waals surface area contributed by atoms with Crippen molar-refractivity contribution in [1.29, 1.82) is 0 Å². The highest BCUT2D eigenvalue weighted by Gasteiger charge is 2.38. The van der Waals surface area contributed by atoms with Crippen LogP contribution in [0.5, 0.6) is 0 Å². The fraction of sp³-hybridized carbons (Fsp3) is 0.429. The van der Waals surface area contributed by atoms with Crippen molar-refractivity contribution >= 4 is 17.2 Å². The molecule has 2 N–H and O–H groups in total. The standard InChI is InChI=1S/C14H16F3N3OS/c1-4-9-7(2)5-10(22-9)8(3)20-13(21)11-12(14(15,16)17)19-6-18-11/h5-6,8H,4H2,1-3H3,(H,18,19)(H,20,21). The molecule has 0 aliphatic heterocycles. The van der Waals surface area contributed by atoms with Gasteiger partial charge in [0.25, 0.3) is 5.91 Å². The largest absolute Gasteiger partial charge is 0.433 e. The van der Waals surface area contributed by atoms with E-state index < -0.39 is 23.5 Å². The molecule has 4 nitrogen and oxygen atoms in total. The molecule has 22 heavy (non-hydrogen) atoms. The first-order chi connectivity index (χ1) is 10.2. The number of rotatable bonds is 4. The number of carbonyl (C=O) groups excluding carboxylic acids is 1. The minimum absolute atomic E-state index is 0.380. The number of H-pyrrole nitrogens is 1. The van der Waals surface area contributed by atoms with Crippen molar-refractivity contribution in [3.63, 3.8) is 0 Å². The molecule has 0 aromatic carbocycles. The number of carbonyl (C=O) groups is 1. The average molecular weight is 331 g/mol. The fourth-order valence-corrected chi connectivity index (χ4v) is 3.25. The number of alkyl halides is 3. The van der Waals surface area contributed by atoms with Gasteiger partial charge in [-0.05, 0) is 31.9 Å². The van der Waals surface area contributed by atoms with Crippen LogP contribution in [0.2, 0.25) is 0 Å². The van der Waals surface area contributed by atoms with Gasteiger partial charge >= 0.3 is 6.18 Å². The van der Waals surface area contributed by atoms with Gasteiger partial charge in [-0.3, -0.25) is 4.79 Å². The molecule has 0 bridgehead atoms. The van der Waals surface area contributed by atoms with Gasteiger partial charge in [0.15, 0.2) is 11.4 Å². The van der Waals surface area contributed by atoms with Crippen molar-refractivity contribution in [2.24, 2.45) is 0 Å². The lowest BCUT2D eigenvalue weighted by molar-refractivity contribution is -0.141. The lowest BCUT2D eigenvalue weighted by atomic mass is 10.2. The van der Waals surface area contributed by atoms with E-state index in [9.17, 15) is 18.0 Å². The van der Waals surface area contributed by atoms with Crippen molar-refractivity contribution in [2.75, 3.05) is 0 Å². The van der Waals surface area contributed by atoms with Crippen LogP contribution < -0.4 is 5.32 Å². The quantitative estimate of drug-likeness (QED) is 0.894. The summed E-state index contributed by atoms with van der Waals surface area (Å²) in [6.45, 7) is 5.75. The molecule has 1 unspecified atom stereocenters. The number of halogens is 3. The zero-order chi connectivity index (χ0) is 16.5. The highest BCUT2D eigenvalue weighted by atomic mass is 32.1. The third-order valence-corrected chi connectivity index (χ3v) is 4.84. The van der Waals surface area contributed by atoms with Gasteiger partial charge in [-0.15, -0.1) is 11.3 Å². The van der Waals surface area contributed by atoms with E-state index in [1.807, 2.05) is 24.9 Å². The van der Waals surface area contributed by atoms with Gasteiger partial charge in [-0.1, -0.05) is 6.92 Å². The Hall–Kier alpha value is -1.83. The first-order valence-corrected chi connectivity index (χ1v) is 7.56. The van der Waals surface area contributed by atoms with Gasteiger partial charge in [-0.25, -0.2) is 4.98 Å². The maximum atomic E-state index is 12.8. The van der Waals surface area contributed by atoms with Gasteiger partial charge in [-0.2, -0.15) is 13.2 Å². The predicted molar refractivity (Wildman–Crippen MR) is 77.9 cm³/mol. The molecule has 2 aromatic heterocycles. The molecule has 1 amide bonds. The van der Waals surface area contributed by atoms with E-state index in [0.717, 1.165) is 23.2 Å². The van der Waals surface area contributed by atoms with Crippen LogP contribution in [0, 0.1) is 6.92 Å². The number of imidazole rings is 1. The topological polar surface area (TPSA) is 57.8 Å². The Morgan fingerprint density at radius 1 is 1.50 bits per heavy atom. The SMILES string of the molecule is CCc1sc(C(C)NC(=O)c2nc[nH]c2C(F)(F)F)cc1C. The van der Waals surface area contributed by atoms with E-state index in [1.54, 1.807) is 18.3 Å². The number of thiophene rings is 1. The first-order valence-electron chi connectivity index (χ1n) is 6.74. The first kappa shape index (κ1) is 16.5. The number of aryl methyl sites for hydroxylation is 2. The number of aromatic amines is 1. The highest BCUT2D eigenvalue weighted by Crippen LogP contribution is 2.31. The summed E-state index contributed by atoms with van der Waals surface area (Å²) in [7, 11) is 0. The Kier molecular flexibility index (Phi) is 4.60. The Balaban J connectivity index is 2.16. The molecule has 2 aromatic rings. The van der Waals surface area contributed by atoms with Crippen molar-refractivity contribution in [3.05, 3.63) is 39.1 Å². The lowest BCUT2D eigenvalue weighted by Crippen LogP contribution is -2.28. The zero-order valence-corrected chi connectivity index (χ0v) is 13.2. The summed E-state index contributed by atoms with van der Waals surface area (Å²) in [6, 6.07) is 1.57. The lowest BCUT2D eigenvalue weighted by Gasteiger charge is -2.12. The van der Waals surface area contributed by atoms with Gasteiger partial charge in [0.2, 0.25) is 0 Å². The molecule has 0 aliphatic rings. The second-order valence-electron chi connectivity index (χ2n) is 4.93. The number of hydrogen-bond donors (Lipinski definition) is 2. The predicted octanol–water partition coefficient (Wildman–Crippen LogP) is 3.85. The van der Waals surface area contributed by atoms with E-state index in [0.29, 0.717) is 0 Å². The summed E-state index contributed by atoms with van der Waals surface area (Å²) >= 11 is 1.55. The van der Waals surface area contributed by atoms with Crippen molar-refractivity contribution < 1.29 is 18.0 Å². The van der Waals surface area contributed by atoms with Crippen LogP contribution in [-0.4, -0.2) is 15.9 Å². The summed E-state index contributed by atoms with van der Waals surface area (Å²) < 4.78 is 38.3. The molecule has 0 spiro atoms. The summed E-state index contributed by atoms with van der Waals surface area (Å²) in [6.07, 6.45) is -2.89. The number of aromatic nitrogens is 2. The third kappa shape index (κ3) is 3.32. The summed E-state index contributed by atoms with van der Waals surface area (Å²) in [5.74, 6) is -0.842. The van der Waals surface area contributed by atoms with Crippen LogP contribution in [0.15, 0.2) is 12.4 Å². The van der Waals surface area contributed by atoms with Crippen molar-refractivity contribution in [3.8, 4) is 0 Å². The smallest absolute Gasteiger partial charge is 0.343 e. The van der Waals surface area contributed by atoms with Crippen LogP contribution >= 0.6 is 11.3 Å². The number of nitrogens with zero attached hydrogens (tertiary/aromatic N) is 1. The molecule has 0 radical (unpaired) electrons. The van der Waals surface area contributed by atoms with E-state index in [-0.39, 0.29) is 6.04 Å². The molecule has 0 saturated carbocycles. The van der Waals surface area contributed by atoms with Gasteiger partial charge in [0.05, 0.1) is 12.4 Å². The molecular weight excluding hydrogens is 315 g/mol. The van der Waals surface area contributed by atoms with Gasteiger partial charge < -0.3 is 10.3 Å². The van der Waals surface area contributed by atoms with Crippen LogP contribution in [0.25, 0.3) is 0 Å². The minimum Gasteiger partial charge on any atom is -0.343 e. The van der Waals surface area contributed by atoms with E-state index >= 15 is 0 Å². The monoisotopic (exact) mass is 331 g/mol. The normalized spacial score (nSPS) is 13.2. The Bertz CT molecular complexity index is 675. The molecule has 0 saturated heterocycles.